The van der Waals surface area contributed by atoms with E-state index in [1.54, 1.807) is 29.1 Å². The summed E-state index contributed by atoms with van der Waals surface area (Å²) in [6.07, 6.45) is 4.90. The van der Waals surface area contributed by atoms with E-state index in [-0.39, 0.29) is 11.9 Å². The second-order valence-electron chi connectivity index (χ2n) is 8.95. The number of aryl methyl sites for hydroxylation is 1. The highest BCUT2D eigenvalue weighted by Gasteiger charge is 2.29. The quantitative estimate of drug-likeness (QED) is 0.406. The van der Waals surface area contributed by atoms with Crippen molar-refractivity contribution in [2.45, 2.75) is 38.6 Å². The fraction of sp³-hybridized carbons (Fsp3) is 0.280. The van der Waals surface area contributed by atoms with E-state index in [1.165, 1.54) is 0 Å². The molecule has 1 atom stereocenters. The molecule has 1 saturated carbocycles. The van der Waals surface area contributed by atoms with Crippen molar-refractivity contribution in [2.75, 3.05) is 11.0 Å². The Labute approximate surface area is 203 Å². The molecule has 1 aliphatic rings. The van der Waals surface area contributed by atoms with Crippen molar-refractivity contribution in [1.29, 1.82) is 0 Å². The van der Waals surface area contributed by atoms with Gasteiger partial charge >= 0.3 is 0 Å². The third kappa shape index (κ3) is 4.88. The number of carbonyl (C=O) groups is 1. The standard InChI is InChI=1S/C25H26N6O3S/c1-15(18-7-6-8-19(13-18)30-35(3,33)34)27-25(32)20-14-21(17-10-11-17)28-24-23(20)16(2)29-31(24)22-9-4-5-12-26-22/h4-9,12-15,17,30H,10-11H2,1-3H3,(H,27,32). The summed E-state index contributed by atoms with van der Waals surface area (Å²) < 4.78 is 27.4. The van der Waals surface area contributed by atoms with Crippen molar-refractivity contribution in [3.8, 4) is 5.82 Å². The Kier molecular flexibility index (Phi) is 5.76. The van der Waals surface area contributed by atoms with E-state index < -0.39 is 10.0 Å². The first kappa shape index (κ1) is 23.0. The molecule has 180 valence electrons. The predicted molar refractivity (Wildman–Crippen MR) is 134 cm³/mol. The minimum atomic E-state index is -3.40. The van der Waals surface area contributed by atoms with Crippen molar-refractivity contribution in [2.24, 2.45) is 0 Å². The molecule has 1 amide bonds. The average molecular weight is 491 g/mol. The summed E-state index contributed by atoms with van der Waals surface area (Å²) in [6.45, 7) is 3.72. The second kappa shape index (κ2) is 8.77. The van der Waals surface area contributed by atoms with Gasteiger partial charge < -0.3 is 5.32 Å². The second-order valence-corrected chi connectivity index (χ2v) is 10.7. The number of benzene rings is 1. The lowest BCUT2D eigenvalue weighted by Crippen LogP contribution is -2.27. The Hall–Kier alpha value is -3.79. The maximum atomic E-state index is 13.5. The van der Waals surface area contributed by atoms with Crippen molar-refractivity contribution in [3.05, 3.63) is 77.2 Å². The number of nitrogens with zero attached hydrogens (tertiary/aromatic N) is 4. The molecule has 3 aromatic heterocycles. The van der Waals surface area contributed by atoms with E-state index in [0.717, 1.165) is 30.4 Å². The summed E-state index contributed by atoms with van der Waals surface area (Å²) in [5.41, 5.74) is 3.93. The van der Waals surface area contributed by atoms with Crippen molar-refractivity contribution < 1.29 is 13.2 Å². The Morgan fingerprint density at radius 3 is 2.63 bits per heavy atom. The number of sulfonamides is 1. The summed E-state index contributed by atoms with van der Waals surface area (Å²) in [7, 11) is -3.40. The molecule has 0 radical (unpaired) electrons. The van der Waals surface area contributed by atoms with Gasteiger partial charge in [0, 0.05) is 23.5 Å². The van der Waals surface area contributed by atoms with E-state index in [2.05, 4.69) is 20.1 Å². The first-order valence-corrected chi connectivity index (χ1v) is 13.3. The lowest BCUT2D eigenvalue weighted by atomic mass is 10.0. The minimum Gasteiger partial charge on any atom is -0.345 e. The lowest BCUT2D eigenvalue weighted by molar-refractivity contribution is 0.0941. The van der Waals surface area contributed by atoms with E-state index in [9.17, 15) is 13.2 Å². The highest BCUT2D eigenvalue weighted by atomic mass is 32.2. The highest BCUT2D eigenvalue weighted by molar-refractivity contribution is 7.92. The molecule has 0 bridgehead atoms. The Bertz CT molecular complexity index is 1530. The summed E-state index contributed by atoms with van der Waals surface area (Å²) >= 11 is 0. The molecule has 2 N–H and O–H groups in total. The largest absolute Gasteiger partial charge is 0.345 e. The molecule has 1 aliphatic carbocycles. The molecule has 35 heavy (non-hydrogen) atoms. The molecule has 4 aromatic rings. The van der Waals surface area contributed by atoms with Crippen LogP contribution in [-0.2, 0) is 10.0 Å². The molecule has 3 heterocycles. The summed E-state index contributed by atoms with van der Waals surface area (Å²) in [6, 6.07) is 14.1. The molecule has 0 spiro atoms. The van der Waals surface area contributed by atoms with Crippen LogP contribution >= 0.6 is 0 Å². The molecule has 1 fully saturated rings. The third-order valence-corrected chi connectivity index (χ3v) is 6.58. The summed E-state index contributed by atoms with van der Waals surface area (Å²) in [5.74, 6) is 0.743. The zero-order valence-electron chi connectivity index (χ0n) is 19.7. The van der Waals surface area contributed by atoms with Crippen LogP contribution in [0.4, 0.5) is 5.69 Å². The van der Waals surface area contributed by atoms with Crippen LogP contribution in [0.2, 0.25) is 0 Å². The SMILES string of the molecule is Cc1nn(-c2ccccn2)c2nc(C3CC3)cc(C(=O)NC(C)c3cccc(NS(C)(=O)=O)c3)c12. The van der Waals surface area contributed by atoms with Gasteiger partial charge in [-0.25, -0.2) is 18.4 Å². The molecule has 10 heteroatoms. The number of amides is 1. The number of aromatic nitrogens is 4. The average Bonchev–Trinajstić information content (AvgIpc) is 3.62. The molecular formula is C25H26N6O3S. The van der Waals surface area contributed by atoms with Crippen LogP contribution in [0.15, 0.2) is 54.7 Å². The highest BCUT2D eigenvalue weighted by Crippen LogP contribution is 2.40. The van der Waals surface area contributed by atoms with Gasteiger partial charge in [-0.2, -0.15) is 9.78 Å². The molecule has 1 unspecified atom stereocenters. The van der Waals surface area contributed by atoms with Crippen molar-refractivity contribution >= 4 is 32.7 Å². The van der Waals surface area contributed by atoms with Crippen LogP contribution < -0.4 is 10.0 Å². The van der Waals surface area contributed by atoms with Crippen LogP contribution in [0.3, 0.4) is 0 Å². The fourth-order valence-electron chi connectivity index (χ4n) is 4.16. The van der Waals surface area contributed by atoms with Crippen molar-refractivity contribution in [3.63, 3.8) is 0 Å². The number of carbonyl (C=O) groups excluding carboxylic acids is 1. The van der Waals surface area contributed by atoms with Gasteiger partial charge in [0.15, 0.2) is 11.5 Å². The fourth-order valence-corrected chi connectivity index (χ4v) is 4.71. The monoisotopic (exact) mass is 490 g/mol. The first-order chi connectivity index (χ1) is 16.7. The maximum absolute atomic E-state index is 13.5. The van der Waals surface area contributed by atoms with Gasteiger partial charge in [0.1, 0.15) is 0 Å². The Morgan fingerprint density at radius 2 is 1.94 bits per heavy atom. The van der Waals surface area contributed by atoms with Crippen molar-refractivity contribution in [1.82, 2.24) is 25.1 Å². The normalized spacial score (nSPS) is 14.6. The Morgan fingerprint density at radius 1 is 1.14 bits per heavy atom. The minimum absolute atomic E-state index is 0.239. The maximum Gasteiger partial charge on any atom is 0.252 e. The summed E-state index contributed by atoms with van der Waals surface area (Å²) in [5, 5.41) is 8.41. The molecule has 1 aromatic carbocycles. The third-order valence-electron chi connectivity index (χ3n) is 5.98. The number of fused-ring (bicyclic) bond motifs is 1. The zero-order valence-corrected chi connectivity index (χ0v) is 20.5. The van der Waals surface area contributed by atoms with Gasteiger partial charge in [0.25, 0.3) is 5.91 Å². The number of hydrogen-bond acceptors (Lipinski definition) is 6. The molecule has 5 rings (SSSR count). The first-order valence-electron chi connectivity index (χ1n) is 11.4. The molecular weight excluding hydrogens is 464 g/mol. The van der Waals surface area contributed by atoms with Crippen LogP contribution in [0.25, 0.3) is 16.9 Å². The smallest absolute Gasteiger partial charge is 0.252 e. The van der Waals surface area contributed by atoms with E-state index >= 15 is 0 Å². The van der Waals surface area contributed by atoms with E-state index in [1.807, 2.05) is 44.2 Å². The van der Waals surface area contributed by atoms with Gasteiger partial charge in [-0.15, -0.1) is 0 Å². The van der Waals surface area contributed by atoms with Gasteiger partial charge in [-0.3, -0.25) is 9.52 Å². The lowest BCUT2D eigenvalue weighted by Gasteiger charge is -2.17. The number of pyridine rings is 2. The van der Waals surface area contributed by atoms with Crippen LogP contribution in [-0.4, -0.2) is 40.3 Å². The van der Waals surface area contributed by atoms with Crippen LogP contribution in [0.1, 0.15) is 59.0 Å². The zero-order chi connectivity index (χ0) is 24.7. The summed E-state index contributed by atoms with van der Waals surface area (Å²) in [4.78, 5) is 22.8. The number of anilines is 1. The number of rotatable bonds is 7. The number of hydrogen-bond donors (Lipinski definition) is 2. The molecule has 0 aliphatic heterocycles. The van der Waals surface area contributed by atoms with Crippen LogP contribution in [0, 0.1) is 6.92 Å². The Balaban J connectivity index is 1.51. The van der Waals surface area contributed by atoms with Gasteiger partial charge in [-0.05, 0) is 62.6 Å². The van der Waals surface area contributed by atoms with E-state index in [0.29, 0.717) is 39.7 Å². The predicted octanol–water partition coefficient (Wildman–Crippen LogP) is 3.86. The topological polar surface area (TPSA) is 119 Å². The van der Waals surface area contributed by atoms with Gasteiger partial charge in [0.05, 0.1) is 28.9 Å². The van der Waals surface area contributed by atoms with Gasteiger partial charge in [0.2, 0.25) is 10.0 Å². The number of nitrogens with one attached hydrogen (secondary N) is 2. The molecule has 9 nitrogen and oxygen atoms in total. The van der Waals surface area contributed by atoms with Crippen LogP contribution in [0.5, 0.6) is 0 Å². The molecule has 0 saturated heterocycles. The van der Waals surface area contributed by atoms with Gasteiger partial charge in [-0.1, -0.05) is 18.2 Å². The van der Waals surface area contributed by atoms with E-state index in [4.69, 9.17) is 4.98 Å².